The number of nitrogens with two attached hydrogens (primary N) is 1. The summed E-state index contributed by atoms with van der Waals surface area (Å²) in [7, 11) is 2.13. The quantitative estimate of drug-likeness (QED) is 0.581. The lowest BCUT2D eigenvalue weighted by Crippen LogP contribution is -2.58. The van der Waals surface area contributed by atoms with Crippen LogP contribution in [0.5, 0.6) is 0 Å². The highest BCUT2D eigenvalue weighted by molar-refractivity contribution is 5.93. The highest BCUT2D eigenvalue weighted by atomic mass is 15.3. The van der Waals surface area contributed by atoms with Crippen molar-refractivity contribution < 1.29 is 0 Å². The lowest BCUT2D eigenvalue weighted by atomic mass is 10.0. The Morgan fingerprint density at radius 2 is 2.17 bits per heavy atom. The molecule has 0 aromatic carbocycles. The molecule has 2 rings (SSSR count). The molecule has 0 bridgehead atoms. The van der Waals surface area contributed by atoms with Crippen LogP contribution in [0, 0.1) is 5.41 Å². The molecule has 18 heavy (non-hydrogen) atoms. The Bertz CT molecular complexity index is 456. The van der Waals surface area contributed by atoms with Crippen LogP contribution in [-0.2, 0) is 0 Å². The molecule has 1 fully saturated rings. The van der Waals surface area contributed by atoms with Gasteiger partial charge < -0.3 is 10.6 Å². The van der Waals surface area contributed by atoms with Crippen LogP contribution in [0.25, 0.3) is 0 Å². The zero-order chi connectivity index (χ0) is 13.3. The number of likely N-dealkylation sites (N-methyl/N-ethyl adjacent to an activating group) is 1. The normalized spacial score (nSPS) is 19.8. The molecule has 6 heteroatoms. The van der Waals surface area contributed by atoms with Crippen LogP contribution >= 0.6 is 0 Å². The molecule has 1 aliphatic rings. The van der Waals surface area contributed by atoms with Crippen molar-refractivity contribution >= 4 is 11.8 Å². The van der Waals surface area contributed by atoms with Gasteiger partial charge in [-0.05, 0) is 27.0 Å². The number of nitrogen functional groups attached to an aromatic ring is 1. The Labute approximate surface area is 107 Å². The third-order valence-electron chi connectivity index (χ3n) is 3.52. The maximum Gasteiger partial charge on any atom is 0.226 e. The number of anilines is 1. The Morgan fingerprint density at radius 3 is 2.78 bits per heavy atom. The average Bonchev–Trinajstić information content (AvgIpc) is 2.33. The lowest BCUT2D eigenvalue weighted by Gasteiger charge is -2.45. The van der Waals surface area contributed by atoms with Gasteiger partial charge in [0, 0.05) is 31.4 Å². The Balaban J connectivity index is 2.22. The van der Waals surface area contributed by atoms with E-state index >= 15 is 0 Å². The van der Waals surface area contributed by atoms with E-state index in [1.165, 1.54) is 0 Å². The summed E-state index contributed by atoms with van der Waals surface area (Å²) in [6.45, 7) is 7.13. The minimum atomic E-state index is -0.0213. The highest BCUT2D eigenvalue weighted by Gasteiger charge is 2.32. The maximum atomic E-state index is 7.42. The molecule has 0 atom stereocenters. The topological polar surface area (TPSA) is 82.1 Å². The van der Waals surface area contributed by atoms with Crippen molar-refractivity contribution in [2.75, 3.05) is 31.6 Å². The van der Waals surface area contributed by atoms with Crippen LogP contribution in [0.15, 0.2) is 12.3 Å². The number of rotatable bonds is 2. The van der Waals surface area contributed by atoms with Crippen molar-refractivity contribution in [1.82, 2.24) is 14.9 Å². The number of hydrogen-bond donors (Lipinski definition) is 2. The van der Waals surface area contributed by atoms with Crippen LogP contribution in [-0.4, -0.2) is 52.9 Å². The fourth-order valence-corrected chi connectivity index (χ4v) is 2.06. The number of nitrogens with zero attached hydrogens (tertiary/aromatic N) is 4. The van der Waals surface area contributed by atoms with Gasteiger partial charge in [-0.15, -0.1) is 0 Å². The van der Waals surface area contributed by atoms with Gasteiger partial charge in [0.05, 0.1) is 0 Å². The second-order valence-corrected chi connectivity index (χ2v) is 5.31. The number of piperazine rings is 1. The van der Waals surface area contributed by atoms with Gasteiger partial charge in [-0.2, -0.15) is 0 Å². The predicted octanol–water partition coefficient (Wildman–Crippen LogP) is 0.291. The first-order valence-electron chi connectivity index (χ1n) is 6.04. The molecule has 1 aromatic rings. The molecular weight excluding hydrogens is 228 g/mol. The first-order chi connectivity index (χ1) is 8.40. The Hall–Kier alpha value is -1.69. The molecule has 2 heterocycles. The van der Waals surface area contributed by atoms with Gasteiger partial charge in [0.15, 0.2) is 0 Å². The van der Waals surface area contributed by atoms with E-state index in [4.69, 9.17) is 11.1 Å². The third-order valence-corrected chi connectivity index (χ3v) is 3.52. The van der Waals surface area contributed by atoms with E-state index < -0.39 is 0 Å². The smallest absolute Gasteiger partial charge is 0.226 e. The number of aromatic nitrogens is 2. The lowest BCUT2D eigenvalue weighted by molar-refractivity contribution is 0.138. The van der Waals surface area contributed by atoms with Crippen molar-refractivity contribution in [2.45, 2.75) is 19.4 Å². The second-order valence-electron chi connectivity index (χ2n) is 5.31. The summed E-state index contributed by atoms with van der Waals surface area (Å²) in [6.07, 6.45) is 1.66. The molecule has 98 valence electrons. The van der Waals surface area contributed by atoms with Gasteiger partial charge >= 0.3 is 0 Å². The van der Waals surface area contributed by atoms with Crippen LogP contribution in [0.1, 0.15) is 19.5 Å². The highest BCUT2D eigenvalue weighted by Crippen LogP contribution is 2.21. The van der Waals surface area contributed by atoms with Gasteiger partial charge in [-0.1, -0.05) is 0 Å². The molecule has 0 saturated carbocycles. The zero-order valence-corrected chi connectivity index (χ0v) is 11.1. The summed E-state index contributed by atoms with van der Waals surface area (Å²) in [4.78, 5) is 13.1. The molecule has 3 N–H and O–H groups in total. The van der Waals surface area contributed by atoms with Gasteiger partial charge in [0.2, 0.25) is 5.95 Å². The zero-order valence-electron chi connectivity index (χ0n) is 11.1. The van der Waals surface area contributed by atoms with Gasteiger partial charge in [-0.3, -0.25) is 10.3 Å². The third kappa shape index (κ3) is 2.43. The van der Waals surface area contributed by atoms with Crippen molar-refractivity contribution in [3.63, 3.8) is 0 Å². The van der Waals surface area contributed by atoms with Crippen molar-refractivity contribution in [3.8, 4) is 0 Å². The van der Waals surface area contributed by atoms with E-state index in [0.717, 1.165) is 19.6 Å². The van der Waals surface area contributed by atoms with E-state index in [-0.39, 0.29) is 11.4 Å². The monoisotopic (exact) mass is 248 g/mol. The summed E-state index contributed by atoms with van der Waals surface area (Å²) >= 11 is 0. The van der Waals surface area contributed by atoms with Crippen LogP contribution in [0.3, 0.4) is 0 Å². The Kier molecular flexibility index (Phi) is 3.21. The molecule has 1 aromatic heterocycles. The summed E-state index contributed by atoms with van der Waals surface area (Å²) in [5.41, 5.74) is 6.03. The van der Waals surface area contributed by atoms with Crippen molar-refractivity contribution in [1.29, 1.82) is 5.41 Å². The minimum absolute atomic E-state index is 0.0213. The van der Waals surface area contributed by atoms with Gasteiger partial charge in [-0.25, -0.2) is 9.97 Å². The largest absolute Gasteiger partial charge is 0.382 e. The first kappa shape index (κ1) is 12.8. The summed E-state index contributed by atoms with van der Waals surface area (Å²) in [5, 5.41) is 7.42. The van der Waals surface area contributed by atoms with E-state index in [1.807, 2.05) is 0 Å². The van der Waals surface area contributed by atoms with E-state index in [0.29, 0.717) is 11.6 Å². The molecule has 0 radical (unpaired) electrons. The molecule has 1 saturated heterocycles. The molecule has 6 nitrogen and oxygen atoms in total. The molecule has 0 spiro atoms. The molecule has 0 unspecified atom stereocenters. The van der Waals surface area contributed by atoms with E-state index in [2.05, 4.69) is 40.7 Å². The molecular formula is C12H20N6. The fraction of sp³-hybridized carbons (Fsp3) is 0.583. The molecule has 1 aliphatic heterocycles. The molecule has 0 aliphatic carbocycles. The first-order valence-corrected chi connectivity index (χ1v) is 6.04. The number of nitrogens with one attached hydrogen (secondary N) is 1. The van der Waals surface area contributed by atoms with Gasteiger partial charge in [0.25, 0.3) is 0 Å². The average molecular weight is 248 g/mol. The summed E-state index contributed by atoms with van der Waals surface area (Å²) < 4.78 is 0. The maximum absolute atomic E-state index is 7.42. The van der Waals surface area contributed by atoms with Gasteiger partial charge in [0.1, 0.15) is 11.5 Å². The van der Waals surface area contributed by atoms with Crippen molar-refractivity contribution in [3.05, 3.63) is 18.0 Å². The second kappa shape index (κ2) is 4.53. The fourth-order valence-electron chi connectivity index (χ4n) is 2.06. The van der Waals surface area contributed by atoms with Crippen LogP contribution < -0.4 is 10.6 Å². The molecule has 0 amide bonds. The van der Waals surface area contributed by atoms with E-state index in [9.17, 15) is 0 Å². The number of hydrogen-bond acceptors (Lipinski definition) is 5. The van der Waals surface area contributed by atoms with Crippen molar-refractivity contribution in [2.24, 2.45) is 5.73 Å². The summed E-state index contributed by atoms with van der Waals surface area (Å²) in [5.74, 6) is 0.635. The Morgan fingerprint density at radius 1 is 1.44 bits per heavy atom. The standard InChI is InChI=1S/C12H20N6/c1-12(2)8-18(7-6-17(12)3)11-15-5-4-9(16-11)10(13)14/h4-5H,6-8H2,1-3H3,(H3,13,14). The van der Waals surface area contributed by atoms with E-state index in [1.54, 1.807) is 12.3 Å². The van der Waals surface area contributed by atoms with Crippen LogP contribution in [0.4, 0.5) is 5.95 Å². The number of amidine groups is 1. The SMILES string of the molecule is CN1CCN(c2nccc(C(=N)N)n2)CC1(C)C. The predicted molar refractivity (Wildman–Crippen MR) is 72.0 cm³/mol. The minimum Gasteiger partial charge on any atom is -0.382 e. The summed E-state index contributed by atoms with van der Waals surface area (Å²) in [6, 6.07) is 1.66. The van der Waals surface area contributed by atoms with Crippen LogP contribution in [0.2, 0.25) is 0 Å².